The van der Waals surface area contributed by atoms with E-state index in [0.29, 0.717) is 6.54 Å². The summed E-state index contributed by atoms with van der Waals surface area (Å²) in [5.74, 6) is 1.44. The molecule has 0 aliphatic rings. The Morgan fingerprint density at radius 1 is 1.24 bits per heavy atom. The molecule has 1 aromatic carbocycles. The van der Waals surface area contributed by atoms with Crippen LogP contribution in [0, 0.1) is 6.92 Å². The minimum Gasteiger partial charge on any atom is -0.464 e. The summed E-state index contributed by atoms with van der Waals surface area (Å²) in [7, 11) is 1.73. The summed E-state index contributed by atoms with van der Waals surface area (Å²) in [5.41, 5.74) is 5.97. The number of carbonyl (C=O) groups excluding carboxylic acids is 1. The number of hydrogen-bond acceptors (Lipinski definition) is 3. The lowest BCUT2D eigenvalue weighted by Gasteiger charge is -2.29. The van der Waals surface area contributed by atoms with Crippen LogP contribution in [0.15, 0.2) is 46.9 Å². The lowest BCUT2D eigenvalue weighted by atomic mass is 9.92. The maximum Gasteiger partial charge on any atom is 0.247 e. The van der Waals surface area contributed by atoms with E-state index in [9.17, 15) is 4.79 Å². The molecule has 1 atom stereocenters. The van der Waals surface area contributed by atoms with Crippen LogP contribution in [-0.4, -0.2) is 17.9 Å². The largest absolute Gasteiger partial charge is 0.464 e. The Morgan fingerprint density at radius 2 is 1.86 bits per heavy atom. The first-order chi connectivity index (χ1) is 9.41. The summed E-state index contributed by atoms with van der Waals surface area (Å²) in [6.07, 6.45) is 0. The van der Waals surface area contributed by atoms with E-state index < -0.39 is 5.54 Å². The fraction of sp³-hybridized carbons (Fsp3) is 0.312. The Labute approximate surface area is 131 Å². The molecule has 0 radical (unpaired) electrons. The Kier molecular flexibility index (Phi) is 5.58. The average Bonchev–Trinajstić information content (AvgIpc) is 2.84. The predicted molar refractivity (Wildman–Crippen MR) is 85.1 cm³/mol. The van der Waals surface area contributed by atoms with Crippen LogP contribution in [0.5, 0.6) is 0 Å². The number of hydrogen-bond donors (Lipinski definition) is 1. The number of benzene rings is 1. The molecule has 0 saturated heterocycles. The number of carbonyl (C=O) groups is 1. The number of aryl methyl sites for hydroxylation is 1. The van der Waals surface area contributed by atoms with Crippen molar-refractivity contribution < 1.29 is 9.21 Å². The van der Waals surface area contributed by atoms with Gasteiger partial charge in [0.25, 0.3) is 0 Å². The molecule has 0 spiro atoms. The summed E-state index contributed by atoms with van der Waals surface area (Å²) in [6.45, 7) is 4.02. The molecule has 1 heterocycles. The smallest absolute Gasteiger partial charge is 0.247 e. The van der Waals surface area contributed by atoms with Crippen LogP contribution in [0.2, 0.25) is 0 Å². The Balaban J connectivity index is 0.00000220. The van der Waals surface area contributed by atoms with E-state index in [2.05, 4.69) is 0 Å². The minimum atomic E-state index is -1.04. The van der Waals surface area contributed by atoms with Gasteiger partial charge in [-0.2, -0.15) is 0 Å². The third-order valence-electron chi connectivity index (χ3n) is 3.35. The summed E-state index contributed by atoms with van der Waals surface area (Å²) in [6, 6.07) is 13.1. The van der Waals surface area contributed by atoms with E-state index in [1.165, 1.54) is 0 Å². The molecule has 4 nitrogen and oxygen atoms in total. The molecule has 5 heteroatoms. The van der Waals surface area contributed by atoms with Gasteiger partial charge in [0.1, 0.15) is 17.1 Å². The molecular formula is C16H21ClN2O2. The van der Waals surface area contributed by atoms with Gasteiger partial charge in [-0.15, -0.1) is 12.4 Å². The number of amides is 1. The Bertz CT molecular complexity index is 593. The van der Waals surface area contributed by atoms with Gasteiger partial charge in [-0.3, -0.25) is 4.79 Å². The number of halogens is 1. The molecule has 0 bridgehead atoms. The predicted octanol–water partition coefficient (Wildman–Crippen LogP) is 2.84. The molecule has 0 saturated carbocycles. The third kappa shape index (κ3) is 3.86. The van der Waals surface area contributed by atoms with Gasteiger partial charge in [0.2, 0.25) is 5.91 Å². The van der Waals surface area contributed by atoms with E-state index in [1.54, 1.807) is 18.9 Å². The molecule has 0 fully saturated rings. The second kappa shape index (κ2) is 6.78. The zero-order valence-electron chi connectivity index (χ0n) is 12.5. The van der Waals surface area contributed by atoms with Gasteiger partial charge in [-0.05, 0) is 31.5 Å². The van der Waals surface area contributed by atoms with Gasteiger partial charge in [0, 0.05) is 7.05 Å². The molecule has 1 unspecified atom stereocenters. The number of furan rings is 1. The first-order valence-corrected chi connectivity index (χ1v) is 6.56. The summed E-state index contributed by atoms with van der Waals surface area (Å²) >= 11 is 0. The normalized spacial score (nSPS) is 13.1. The van der Waals surface area contributed by atoms with Crippen molar-refractivity contribution in [3.63, 3.8) is 0 Å². The first kappa shape index (κ1) is 17.3. The van der Waals surface area contributed by atoms with Crippen molar-refractivity contribution in [3.8, 4) is 0 Å². The van der Waals surface area contributed by atoms with Gasteiger partial charge in [-0.25, -0.2) is 0 Å². The summed E-state index contributed by atoms with van der Waals surface area (Å²) in [5, 5.41) is 0. The van der Waals surface area contributed by atoms with Crippen molar-refractivity contribution in [1.29, 1.82) is 0 Å². The van der Waals surface area contributed by atoms with E-state index >= 15 is 0 Å². The molecule has 21 heavy (non-hydrogen) atoms. The fourth-order valence-electron chi connectivity index (χ4n) is 2.18. The first-order valence-electron chi connectivity index (χ1n) is 6.56. The summed E-state index contributed by atoms with van der Waals surface area (Å²) < 4.78 is 5.49. The van der Waals surface area contributed by atoms with E-state index in [1.807, 2.05) is 49.4 Å². The third-order valence-corrected chi connectivity index (χ3v) is 3.35. The molecule has 2 rings (SSSR count). The van der Waals surface area contributed by atoms with Gasteiger partial charge in [0.15, 0.2) is 0 Å². The Morgan fingerprint density at radius 3 is 2.38 bits per heavy atom. The lowest BCUT2D eigenvalue weighted by Crippen LogP contribution is -2.49. The zero-order chi connectivity index (χ0) is 14.8. The van der Waals surface area contributed by atoms with E-state index in [-0.39, 0.29) is 18.3 Å². The number of rotatable bonds is 4. The van der Waals surface area contributed by atoms with Crippen LogP contribution in [-0.2, 0) is 16.9 Å². The van der Waals surface area contributed by atoms with Crippen LogP contribution in [0.25, 0.3) is 0 Å². The highest BCUT2D eigenvalue weighted by Crippen LogP contribution is 2.21. The molecule has 1 amide bonds. The number of nitrogens with zero attached hydrogens (tertiary/aromatic N) is 1. The van der Waals surface area contributed by atoms with Gasteiger partial charge in [-0.1, -0.05) is 30.3 Å². The molecular weight excluding hydrogens is 288 g/mol. The topological polar surface area (TPSA) is 59.5 Å². The molecule has 114 valence electrons. The maximum atomic E-state index is 12.5. The SMILES string of the molecule is Cc1ccc(CN(C)C(=O)C(C)(N)c2ccccc2)o1.Cl. The van der Waals surface area contributed by atoms with Crippen LogP contribution >= 0.6 is 12.4 Å². The van der Waals surface area contributed by atoms with Crippen LogP contribution in [0.4, 0.5) is 0 Å². The maximum absolute atomic E-state index is 12.5. The molecule has 1 aromatic heterocycles. The highest BCUT2D eigenvalue weighted by atomic mass is 35.5. The number of likely N-dealkylation sites (N-methyl/N-ethyl adjacent to an activating group) is 1. The molecule has 0 aliphatic carbocycles. The molecule has 2 aromatic rings. The van der Waals surface area contributed by atoms with Crippen LogP contribution < -0.4 is 5.73 Å². The molecule has 2 N–H and O–H groups in total. The lowest BCUT2D eigenvalue weighted by molar-refractivity contribution is -0.136. The quantitative estimate of drug-likeness (QED) is 0.945. The highest BCUT2D eigenvalue weighted by Gasteiger charge is 2.33. The van der Waals surface area contributed by atoms with Gasteiger partial charge >= 0.3 is 0 Å². The second-order valence-electron chi connectivity index (χ2n) is 5.24. The monoisotopic (exact) mass is 308 g/mol. The van der Waals surface area contributed by atoms with Crippen molar-refractivity contribution in [2.75, 3.05) is 7.05 Å². The van der Waals surface area contributed by atoms with Gasteiger partial charge in [0.05, 0.1) is 6.54 Å². The highest BCUT2D eigenvalue weighted by molar-refractivity contribution is 5.86. The van der Waals surface area contributed by atoms with Crippen LogP contribution in [0.1, 0.15) is 24.0 Å². The average molecular weight is 309 g/mol. The molecule has 0 aliphatic heterocycles. The van der Waals surface area contributed by atoms with Gasteiger partial charge < -0.3 is 15.1 Å². The zero-order valence-corrected chi connectivity index (χ0v) is 13.3. The standard InChI is InChI=1S/C16H20N2O2.ClH/c1-12-9-10-14(20-12)11-18(3)15(19)16(2,17)13-7-5-4-6-8-13;/h4-10H,11,17H2,1-3H3;1H. The van der Waals surface area contributed by atoms with Crippen molar-refractivity contribution in [2.45, 2.75) is 25.9 Å². The minimum absolute atomic E-state index is 0. The van der Waals surface area contributed by atoms with Crippen molar-refractivity contribution in [1.82, 2.24) is 4.90 Å². The van der Waals surface area contributed by atoms with E-state index in [0.717, 1.165) is 17.1 Å². The van der Waals surface area contributed by atoms with E-state index in [4.69, 9.17) is 10.2 Å². The van der Waals surface area contributed by atoms with Crippen molar-refractivity contribution in [3.05, 3.63) is 59.5 Å². The van der Waals surface area contributed by atoms with Crippen molar-refractivity contribution >= 4 is 18.3 Å². The second-order valence-corrected chi connectivity index (χ2v) is 5.24. The van der Waals surface area contributed by atoms with Crippen LogP contribution in [0.3, 0.4) is 0 Å². The number of nitrogens with two attached hydrogens (primary N) is 1. The van der Waals surface area contributed by atoms with Crippen molar-refractivity contribution in [2.24, 2.45) is 5.73 Å². The fourth-order valence-corrected chi connectivity index (χ4v) is 2.18. The Hall–Kier alpha value is -1.78. The summed E-state index contributed by atoms with van der Waals surface area (Å²) in [4.78, 5) is 14.1.